The molecule has 0 saturated heterocycles. The third kappa shape index (κ3) is 3.04. The summed E-state index contributed by atoms with van der Waals surface area (Å²) in [5, 5.41) is 0. The minimum Gasteiger partial charge on any atom is -0.478 e. The molecule has 7 heteroatoms. The van der Waals surface area contributed by atoms with Crippen LogP contribution in [-0.4, -0.2) is 24.7 Å². The van der Waals surface area contributed by atoms with E-state index in [0.717, 1.165) is 0 Å². The van der Waals surface area contributed by atoms with E-state index in [0.29, 0.717) is 30.8 Å². The zero-order valence-corrected chi connectivity index (χ0v) is 12.5. The van der Waals surface area contributed by atoms with E-state index in [9.17, 15) is 18.0 Å². The van der Waals surface area contributed by atoms with Crippen LogP contribution >= 0.6 is 0 Å². The number of amides is 1. The quantitative estimate of drug-likeness (QED) is 0.928. The van der Waals surface area contributed by atoms with E-state index in [1.54, 1.807) is 0 Å². The molecule has 0 aliphatic carbocycles. The first-order chi connectivity index (χ1) is 10.3. The molecule has 0 fully saturated rings. The molecule has 1 aromatic carbocycles. The summed E-state index contributed by atoms with van der Waals surface area (Å²) in [6.07, 6.45) is -3.93. The van der Waals surface area contributed by atoms with Crippen molar-refractivity contribution in [2.24, 2.45) is 5.73 Å². The normalized spacial score (nSPS) is 19.6. The van der Waals surface area contributed by atoms with Crippen molar-refractivity contribution in [3.63, 3.8) is 0 Å². The van der Waals surface area contributed by atoms with Gasteiger partial charge in [-0.25, -0.2) is 0 Å². The van der Waals surface area contributed by atoms with E-state index in [1.807, 2.05) is 13.8 Å². The molecule has 4 nitrogen and oxygen atoms in total. The molecule has 2 atom stereocenters. The zero-order valence-electron chi connectivity index (χ0n) is 12.5. The van der Waals surface area contributed by atoms with Crippen molar-refractivity contribution in [2.75, 3.05) is 11.4 Å². The molecule has 1 heterocycles. The Morgan fingerprint density at radius 3 is 2.59 bits per heavy atom. The first kappa shape index (κ1) is 16.6. The number of fused-ring (bicyclic) bond motifs is 1. The topological polar surface area (TPSA) is 55.6 Å². The zero-order chi connectivity index (χ0) is 16.5. The number of hydrogen-bond donors (Lipinski definition) is 1. The van der Waals surface area contributed by atoms with Crippen LogP contribution in [0.3, 0.4) is 0 Å². The summed E-state index contributed by atoms with van der Waals surface area (Å²) in [5.74, 6) is 0.188. The van der Waals surface area contributed by atoms with E-state index >= 15 is 0 Å². The fourth-order valence-electron chi connectivity index (χ4n) is 2.44. The van der Waals surface area contributed by atoms with Gasteiger partial charge in [0.2, 0.25) is 0 Å². The highest BCUT2D eigenvalue weighted by atomic mass is 19.4. The molecular weight excluding hydrogens is 297 g/mol. The Kier molecular flexibility index (Phi) is 4.65. The largest absolute Gasteiger partial charge is 0.478 e. The number of alkyl halides is 3. The van der Waals surface area contributed by atoms with Gasteiger partial charge in [-0.05, 0) is 30.5 Å². The fraction of sp³-hybridized carbons (Fsp3) is 0.533. The number of hydrogen-bond acceptors (Lipinski definition) is 3. The van der Waals surface area contributed by atoms with Crippen LogP contribution in [0, 0.1) is 0 Å². The first-order valence-electron chi connectivity index (χ1n) is 7.23. The average Bonchev–Trinajstić information content (AvgIpc) is 2.47. The number of halogens is 3. The molecular formula is C15H19F3N2O2. The van der Waals surface area contributed by atoms with E-state index in [4.69, 9.17) is 10.5 Å². The van der Waals surface area contributed by atoms with E-state index in [2.05, 4.69) is 0 Å². The average molecular weight is 316 g/mol. The number of nitrogens with two attached hydrogens (primary N) is 1. The monoisotopic (exact) mass is 316 g/mol. The van der Waals surface area contributed by atoms with Gasteiger partial charge in [-0.15, -0.1) is 0 Å². The van der Waals surface area contributed by atoms with Crippen molar-refractivity contribution >= 4 is 11.6 Å². The summed E-state index contributed by atoms with van der Waals surface area (Å²) in [5.41, 5.74) is 5.51. The van der Waals surface area contributed by atoms with Gasteiger partial charge in [-0.1, -0.05) is 19.9 Å². The van der Waals surface area contributed by atoms with Gasteiger partial charge in [0, 0.05) is 6.54 Å². The molecule has 1 aliphatic rings. The van der Waals surface area contributed by atoms with Gasteiger partial charge in [-0.2, -0.15) is 13.2 Å². The SMILES string of the molecule is CCCN1C(=O)C(CC)Oc2ccc(C(N)C(F)(F)F)cc21. The van der Waals surface area contributed by atoms with Gasteiger partial charge in [0.25, 0.3) is 5.91 Å². The van der Waals surface area contributed by atoms with Gasteiger partial charge in [0.1, 0.15) is 11.8 Å². The van der Waals surface area contributed by atoms with Crippen molar-refractivity contribution in [3.05, 3.63) is 23.8 Å². The lowest BCUT2D eigenvalue weighted by molar-refractivity contribution is -0.149. The molecule has 0 radical (unpaired) electrons. The molecule has 22 heavy (non-hydrogen) atoms. The van der Waals surface area contributed by atoms with E-state index in [1.165, 1.54) is 23.1 Å². The van der Waals surface area contributed by atoms with Crippen LogP contribution in [0.15, 0.2) is 18.2 Å². The van der Waals surface area contributed by atoms with Crippen molar-refractivity contribution in [3.8, 4) is 5.75 Å². The van der Waals surface area contributed by atoms with Gasteiger partial charge < -0.3 is 15.4 Å². The number of anilines is 1. The molecule has 1 amide bonds. The van der Waals surface area contributed by atoms with Crippen molar-refractivity contribution in [1.29, 1.82) is 0 Å². The van der Waals surface area contributed by atoms with Crippen molar-refractivity contribution in [1.82, 2.24) is 0 Å². The van der Waals surface area contributed by atoms with Gasteiger partial charge in [0.05, 0.1) is 5.69 Å². The molecule has 2 unspecified atom stereocenters. The smallest absolute Gasteiger partial charge is 0.407 e. The van der Waals surface area contributed by atoms with Crippen LogP contribution in [0.2, 0.25) is 0 Å². The Morgan fingerprint density at radius 2 is 2.05 bits per heavy atom. The second-order valence-electron chi connectivity index (χ2n) is 5.25. The minimum absolute atomic E-state index is 0.0845. The van der Waals surface area contributed by atoms with Crippen LogP contribution in [-0.2, 0) is 4.79 Å². The van der Waals surface area contributed by atoms with Crippen molar-refractivity contribution < 1.29 is 22.7 Å². The molecule has 1 aromatic rings. The molecule has 0 bridgehead atoms. The summed E-state index contributed by atoms with van der Waals surface area (Å²) < 4.78 is 43.9. The van der Waals surface area contributed by atoms with Crippen molar-refractivity contribution in [2.45, 2.75) is 45.0 Å². The van der Waals surface area contributed by atoms with Gasteiger partial charge >= 0.3 is 6.18 Å². The highest BCUT2D eigenvalue weighted by Crippen LogP contribution is 2.39. The Labute approximate surface area is 127 Å². The first-order valence-corrected chi connectivity index (χ1v) is 7.23. The third-order valence-corrected chi connectivity index (χ3v) is 3.61. The van der Waals surface area contributed by atoms with Crippen LogP contribution in [0.1, 0.15) is 38.3 Å². The maximum Gasteiger partial charge on any atom is 0.407 e. The second-order valence-corrected chi connectivity index (χ2v) is 5.25. The second kappa shape index (κ2) is 6.16. The third-order valence-electron chi connectivity index (χ3n) is 3.61. The highest BCUT2D eigenvalue weighted by molar-refractivity contribution is 6.00. The molecule has 122 valence electrons. The Bertz CT molecular complexity index is 560. The van der Waals surface area contributed by atoms with Crippen LogP contribution in [0.5, 0.6) is 5.75 Å². The number of carbonyl (C=O) groups is 1. The standard InChI is InChI=1S/C15H19F3N2O2/c1-3-7-20-10-8-9(13(19)15(16,17)18)5-6-12(10)22-11(4-2)14(20)21/h5-6,8,11,13H,3-4,7,19H2,1-2H3. The number of benzene rings is 1. The summed E-state index contributed by atoms with van der Waals surface area (Å²) in [4.78, 5) is 13.8. The molecule has 2 N–H and O–H groups in total. The predicted molar refractivity (Wildman–Crippen MR) is 76.8 cm³/mol. The maximum atomic E-state index is 12.8. The number of ether oxygens (including phenoxy) is 1. The molecule has 2 rings (SSSR count). The Hall–Kier alpha value is -1.76. The molecule has 1 aliphatic heterocycles. The fourth-order valence-corrected chi connectivity index (χ4v) is 2.44. The highest BCUT2D eigenvalue weighted by Gasteiger charge is 2.39. The number of nitrogens with zero attached hydrogens (tertiary/aromatic N) is 1. The lowest BCUT2D eigenvalue weighted by atomic mass is 10.0. The summed E-state index contributed by atoms with van der Waals surface area (Å²) >= 11 is 0. The van der Waals surface area contributed by atoms with Gasteiger partial charge in [-0.3, -0.25) is 4.79 Å². The predicted octanol–water partition coefficient (Wildman–Crippen LogP) is 3.16. The number of carbonyl (C=O) groups excluding carboxylic acids is 1. The lowest BCUT2D eigenvalue weighted by Crippen LogP contribution is -2.46. The van der Waals surface area contributed by atoms with Crippen LogP contribution in [0.4, 0.5) is 18.9 Å². The lowest BCUT2D eigenvalue weighted by Gasteiger charge is -2.34. The van der Waals surface area contributed by atoms with Crippen LogP contribution < -0.4 is 15.4 Å². The summed E-state index contributed by atoms with van der Waals surface area (Å²) in [6, 6.07) is 1.96. The van der Waals surface area contributed by atoms with E-state index < -0.39 is 18.3 Å². The Morgan fingerprint density at radius 1 is 1.36 bits per heavy atom. The minimum atomic E-state index is -4.53. The summed E-state index contributed by atoms with van der Waals surface area (Å²) in [6.45, 7) is 4.15. The van der Waals surface area contributed by atoms with Gasteiger partial charge in [0.15, 0.2) is 6.10 Å². The Balaban J connectivity index is 2.44. The molecule has 0 spiro atoms. The molecule has 0 aromatic heterocycles. The summed E-state index contributed by atoms with van der Waals surface area (Å²) in [7, 11) is 0. The number of rotatable bonds is 4. The van der Waals surface area contributed by atoms with Crippen LogP contribution in [0.25, 0.3) is 0 Å². The molecule has 0 saturated carbocycles. The maximum absolute atomic E-state index is 12.8. The van der Waals surface area contributed by atoms with E-state index in [-0.39, 0.29) is 11.5 Å².